The monoisotopic (exact) mass is 330 g/mol. The summed E-state index contributed by atoms with van der Waals surface area (Å²) in [4.78, 5) is 22.5. The molecule has 0 radical (unpaired) electrons. The van der Waals surface area contributed by atoms with Gasteiger partial charge in [0, 0.05) is 18.7 Å². The van der Waals surface area contributed by atoms with E-state index < -0.39 is 11.7 Å². The van der Waals surface area contributed by atoms with Gasteiger partial charge in [-0.05, 0) is 43.5 Å². The highest BCUT2D eigenvalue weighted by Crippen LogP contribution is 2.27. The summed E-state index contributed by atoms with van der Waals surface area (Å²) in [6, 6.07) is 5.24. The van der Waals surface area contributed by atoms with Gasteiger partial charge in [-0.25, -0.2) is 14.4 Å². The third-order valence-electron chi connectivity index (χ3n) is 3.92. The van der Waals surface area contributed by atoms with Gasteiger partial charge in [0.1, 0.15) is 17.8 Å². The van der Waals surface area contributed by atoms with Crippen LogP contribution in [0.15, 0.2) is 30.6 Å². The lowest BCUT2D eigenvalue weighted by Crippen LogP contribution is -2.33. The van der Waals surface area contributed by atoms with Crippen LogP contribution < -0.4 is 21.5 Å². The fourth-order valence-electron chi connectivity index (χ4n) is 2.63. The first-order valence-corrected chi connectivity index (χ1v) is 7.82. The molecule has 0 aliphatic carbocycles. The Labute approximate surface area is 139 Å². The van der Waals surface area contributed by atoms with Crippen molar-refractivity contribution in [2.24, 2.45) is 0 Å². The maximum atomic E-state index is 12.9. The number of carbonyl (C=O) groups is 1. The van der Waals surface area contributed by atoms with Gasteiger partial charge in [0.25, 0.3) is 5.91 Å². The lowest BCUT2D eigenvalue weighted by molar-refractivity contribution is 0.0962. The number of hydrogen-bond acceptors (Lipinski definition) is 6. The zero-order chi connectivity index (χ0) is 16.9. The Morgan fingerprint density at radius 2 is 1.83 bits per heavy atom. The van der Waals surface area contributed by atoms with E-state index in [1.54, 1.807) is 0 Å². The predicted molar refractivity (Wildman–Crippen MR) is 90.0 cm³/mol. The predicted octanol–water partition coefficient (Wildman–Crippen LogP) is 1.95. The van der Waals surface area contributed by atoms with Gasteiger partial charge in [-0.15, -0.1) is 0 Å². The van der Waals surface area contributed by atoms with Crippen LogP contribution in [0.2, 0.25) is 0 Å². The Balaban J connectivity index is 1.68. The minimum atomic E-state index is -0.410. The second kappa shape index (κ2) is 7.12. The number of benzene rings is 1. The molecule has 1 aromatic carbocycles. The average Bonchev–Trinajstić information content (AvgIpc) is 2.62. The van der Waals surface area contributed by atoms with Crippen LogP contribution in [0.3, 0.4) is 0 Å². The fourth-order valence-corrected chi connectivity index (χ4v) is 2.63. The Kier molecular flexibility index (Phi) is 4.74. The summed E-state index contributed by atoms with van der Waals surface area (Å²) in [6.07, 6.45) is 4.83. The van der Waals surface area contributed by atoms with Crippen molar-refractivity contribution in [3.05, 3.63) is 42.0 Å². The number of nitrogen functional groups attached to an aromatic ring is 1. The summed E-state index contributed by atoms with van der Waals surface area (Å²) in [5.74, 6) is 0.197. The Hall–Kier alpha value is -2.90. The molecule has 4 N–H and O–H groups in total. The zero-order valence-electron chi connectivity index (χ0n) is 13.1. The number of hydrazine groups is 1. The lowest BCUT2D eigenvalue weighted by Gasteiger charge is -2.28. The van der Waals surface area contributed by atoms with E-state index in [0.29, 0.717) is 22.9 Å². The van der Waals surface area contributed by atoms with Gasteiger partial charge in [0.05, 0.1) is 0 Å². The molecule has 24 heavy (non-hydrogen) atoms. The molecule has 1 aromatic heterocycles. The molecule has 1 saturated heterocycles. The molecule has 2 heterocycles. The van der Waals surface area contributed by atoms with Gasteiger partial charge in [-0.3, -0.25) is 15.6 Å². The molecule has 126 valence electrons. The number of nitrogens with zero attached hydrogens (tertiary/aromatic N) is 3. The molecule has 1 amide bonds. The van der Waals surface area contributed by atoms with Crippen molar-refractivity contribution in [2.75, 3.05) is 29.1 Å². The normalized spacial score (nSPS) is 14.3. The second-order valence-corrected chi connectivity index (χ2v) is 5.59. The summed E-state index contributed by atoms with van der Waals surface area (Å²) in [5.41, 5.74) is 12.1. The van der Waals surface area contributed by atoms with Crippen LogP contribution in [0.25, 0.3) is 0 Å². The number of rotatable bonds is 4. The van der Waals surface area contributed by atoms with Gasteiger partial charge >= 0.3 is 0 Å². The molecule has 7 nitrogen and oxygen atoms in total. The smallest absolute Gasteiger partial charge is 0.269 e. The number of nitrogens with two attached hydrogens (primary N) is 1. The van der Waals surface area contributed by atoms with Crippen LogP contribution in [-0.2, 0) is 0 Å². The van der Waals surface area contributed by atoms with Crippen molar-refractivity contribution in [1.82, 2.24) is 15.4 Å². The van der Waals surface area contributed by atoms with Crippen molar-refractivity contribution in [3.63, 3.8) is 0 Å². The summed E-state index contributed by atoms with van der Waals surface area (Å²) in [5, 5.41) is 0. The Morgan fingerprint density at radius 1 is 1.12 bits per heavy atom. The minimum absolute atomic E-state index is 0.327. The number of carbonyl (C=O) groups excluding carboxylic acids is 1. The second-order valence-electron chi connectivity index (χ2n) is 5.59. The van der Waals surface area contributed by atoms with E-state index >= 15 is 0 Å². The van der Waals surface area contributed by atoms with E-state index in [1.807, 2.05) is 0 Å². The van der Waals surface area contributed by atoms with Crippen molar-refractivity contribution < 1.29 is 9.18 Å². The quantitative estimate of drug-likeness (QED) is 0.742. The first-order chi connectivity index (χ1) is 11.6. The maximum absolute atomic E-state index is 12.9. The van der Waals surface area contributed by atoms with Gasteiger partial charge in [-0.1, -0.05) is 0 Å². The van der Waals surface area contributed by atoms with E-state index in [2.05, 4.69) is 25.7 Å². The Morgan fingerprint density at radius 3 is 2.54 bits per heavy atom. The van der Waals surface area contributed by atoms with E-state index in [9.17, 15) is 9.18 Å². The molecule has 8 heteroatoms. The van der Waals surface area contributed by atoms with Crippen LogP contribution in [0.5, 0.6) is 0 Å². The van der Waals surface area contributed by atoms with E-state index in [4.69, 9.17) is 5.73 Å². The zero-order valence-corrected chi connectivity index (χ0v) is 13.1. The van der Waals surface area contributed by atoms with Crippen LogP contribution in [-0.4, -0.2) is 29.0 Å². The molecule has 0 spiro atoms. The van der Waals surface area contributed by atoms with Crippen molar-refractivity contribution in [2.45, 2.75) is 19.3 Å². The summed E-state index contributed by atoms with van der Waals surface area (Å²) in [7, 11) is 0. The summed E-state index contributed by atoms with van der Waals surface area (Å²) >= 11 is 0. The standard InChI is InChI=1S/C16H19FN6O/c17-12-6-4-11(5-7-12)16(24)22-21-14-13(18)15(20-10-19-14)23-8-2-1-3-9-23/h4-7,10H,1-3,8-9,18H2,(H,22,24)(H,19,20,21). The lowest BCUT2D eigenvalue weighted by atomic mass is 10.1. The maximum Gasteiger partial charge on any atom is 0.269 e. The molecule has 2 aromatic rings. The summed E-state index contributed by atoms with van der Waals surface area (Å²) in [6.45, 7) is 1.81. The SMILES string of the molecule is Nc1c(NNC(=O)c2ccc(F)cc2)ncnc1N1CCCCC1. The van der Waals surface area contributed by atoms with Crippen molar-refractivity contribution in [1.29, 1.82) is 0 Å². The summed E-state index contributed by atoms with van der Waals surface area (Å²) < 4.78 is 12.9. The molecular formula is C16H19FN6O. The minimum Gasteiger partial charge on any atom is -0.393 e. The van der Waals surface area contributed by atoms with Crippen molar-refractivity contribution >= 4 is 23.2 Å². The molecule has 3 rings (SSSR count). The fraction of sp³-hybridized carbons (Fsp3) is 0.312. The molecule has 1 aliphatic heterocycles. The molecule has 1 aliphatic rings. The molecular weight excluding hydrogens is 311 g/mol. The third-order valence-corrected chi connectivity index (χ3v) is 3.92. The Bertz CT molecular complexity index is 715. The number of nitrogens with one attached hydrogen (secondary N) is 2. The average molecular weight is 330 g/mol. The topological polar surface area (TPSA) is 96.2 Å². The first kappa shape index (κ1) is 16.0. The molecule has 0 bridgehead atoms. The van der Waals surface area contributed by atoms with Gasteiger partial charge in [0.15, 0.2) is 11.6 Å². The van der Waals surface area contributed by atoms with E-state index in [-0.39, 0.29) is 0 Å². The largest absolute Gasteiger partial charge is 0.393 e. The van der Waals surface area contributed by atoms with Crippen molar-refractivity contribution in [3.8, 4) is 0 Å². The highest BCUT2D eigenvalue weighted by atomic mass is 19.1. The van der Waals surface area contributed by atoms with Gasteiger partial charge in [0.2, 0.25) is 0 Å². The molecule has 0 atom stereocenters. The highest BCUT2D eigenvalue weighted by molar-refractivity contribution is 5.95. The van der Waals surface area contributed by atoms with Crippen LogP contribution >= 0.6 is 0 Å². The third kappa shape index (κ3) is 3.53. The number of amides is 1. The van der Waals surface area contributed by atoms with Crippen LogP contribution in [0.1, 0.15) is 29.6 Å². The number of piperidine rings is 1. The molecule has 1 fully saturated rings. The van der Waals surface area contributed by atoms with Crippen LogP contribution in [0, 0.1) is 5.82 Å². The number of anilines is 3. The van der Waals surface area contributed by atoms with Crippen LogP contribution in [0.4, 0.5) is 21.7 Å². The number of halogens is 1. The van der Waals surface area contributed by atoms with E-state index in [1.165, 1.54) is 37.0 Å². The first-order valence-electron chi connectivity index (χ1n) is 7.82. The number of aromatic nitrogens is 2. The number of hydrogen-bond donors (Lipinski definition) is 3. The van der Waals surface area contributed by atoms with E-state index in [0.717, 1.165) is 25.9 Å². The van der Waals surface area contributed by atoms with Gasteiger partial charge in [-0.2, -0.15) is 0 Å². The highest BCUT2D eigenvalue weighted by Gasteiger charge is 2.17. The van der Waals surface area contributed by atoms with Gasteiger partial charge < -0.3 is 10.6 Å². The molecule has 0 saturated carbocycles. The molecule has 0 unspecified atom stereocenters.